The molecule has 1 saturated carbocycles. The Bertz CT molecular complexity index is 1230. The molecule has 1 aromatic carbocycles. The molecule has 1 N–H and O–H groups in total. The monoisotopic (exact) mass is 408 g/mol. The second-order valence-electron chi connectivity index (χ2n) is 7.00. The Balaban J connectivity index is 0.00000218. The number of carbonyl (C=O) groups is 1. The molecule has 29 heavy (non-hydrogen) atoms. The van der Waals surface area contributed by atoms with Crippen molar-refractivity contribution in [3.05, 3.63) is 53.7 Å². The van der Waals surface area contributed by atoms with Crippen LogP contribution in [-0.4, -0.2) is 28.1 Å². The Labute approximate surface area is 172 Å². The standard InChI is InChI=1S/C21H18N4O3S.H2/c1-11-15-6-5-13(27-14-7-8-23-16(9-14)20(26)22-2)10-17(15)29-18(11)19-24-21(28-25-19)12-3-4-12;/h5-10,12H,3-4H2,1-2H3,(H,22,26);1H. The topological polar surface area (TPSA) is 90.1 Å². The van der Waals surface area contributed by atoms with Crippen molar-refractivity contribution in [2.75, 3.05) is 7.05 Å². The van der Waals surface area contributed by atoms with Crippen LogP contribution >= 0.6 is 11.3 Å². The summed E-state index contributed by atoms with van der Waals surface area (Å²) in [5.74, 6) is 2.81. The number of hydrogen-bond acceptors (Lipinski definition) is 7. The van der Waals surface area contributed by atoms with Gasteiger partial charge in [-0.05, 0) is 55.0 Å². The van der Waals surface area contributed by atoms with Crippen LogP contribution < -0.4 is 10.1 Å². The van der Waals surface area contributed by atoms with Gasteiger partial charge in [-0.1, -0.05) is 5.16 Å². The lowest BCUT2D eigenvalue weighted by molar-refractivity contribution is 0.0958. The Morgan fingerprint density at radius 3 is 2.90 bits per heavy atom. The first-order valence-corrected chi connectivity index (χ1v) is 10.2. The molecule has 4 aromatic rings. The van der Waals surface area contributed by atoms with E-state index in [0.29, 0.717) is 28.9 Å². The Morgan fingerprint density at radius 2 is 2.10 bits per heavy atom. The van der Waals surface area contributed by atoms with Gasteiger partial charge in [0.15, 0.2) is 0 Å². The first-order valence-electron chi connectivity index (χ1n) is 9.35. The first-order chi connectivity index (χ1) is 14.1. The highest BCUT2D eigenvalue weighted by Gasteiger charge is 2.30. The van der Waals surface area contributed by atoms with Crippen molar-refractivity contribution in [2.24, 2.45) is 0 Å². The van der Waals surface area contributed by atoms with E-state index >= 15 is 0 Å². The van der Waals surface area contributed by atoms with Crippen molar-refractivity contribution in [2.45, 2.75) is 25.7 Å². The van der Waals surface area contributed by atoms with E-state index in [1.54, 1.807) is 36.7 Å². The van der Waals surface area contributed by atoms with E-state index in [9.17, 15) is 4.79 Å². The third kappa shape index (κ3) is 3.36. The van der Waals surface area contributed by atoms with Crippen molar-refractivity contribution >= 4 is 27.3 Å². The van der Waals surface area contributed by atoms with Crippen LogP contribution in [0.5, 0.6) is 11.5 Å². The fraction of sp³-hybridized carbons (Fsp3) is 0.238. The number of benzene rings is 1. The summed E-state index contributed by atoms with van der Waals surface area (Å²) in [6, 6.07) is 9.27. The molecule has 1 aliphatic rings. The van der Waals surface area contributed by atoms with Crippen LogP contribution in [0.1, 0.15) is 42.1 Å². The average molecular weight is 408 g/mol. The molecule has 1 fully saturated rings. The highest BCUT2D eigenvalue weighted by Crippen LogP contribution is 2.42. The number of nitrogens with one attached hydrogen (secondary N) is 1. The van der Waals surface area contributed by atoms with Crippen LogP contribution in [0.4, 0.5) is 0 Å². The van der Waals surface area contributed by atoms with Gasteiger partial charge in [0, 0.05) is 31.4 Å². The first kappa shape index (κ1) is 17.8. The third-order valence-electron chi connectivity index (χ3n) is 4.91. The molecule has 5 rings (SSSR count). The number of nitrogens with zero attached hydrogens (tertiary/aromatic N) is 3. The predicted molar refractivity (Wildman–Crippen MR) is 112 cm³/mol. The van der Waals surface area contributed by atoms with E-state index in [1.165, 1.54) is 0 Å². The molecule has 3 aromatic heterocycles. The maximum Gasteiger partial charge on any atom is 0.269 e. The smallest absolute Gasteiger partial charge is 0.269 e. The SMILES string of the molecule is CNC(=O)c1cc(Oc2ccc3c(C)c(-c4noc(C5CC5)n4)sc3c2)ccn1.[HH]. The second kappa shape index (κ2) is 6.97. The maximum atomic E-state index is 11.8. The number of aromatic nitrogens is 3. The number of hydrogen-bond donors (Lipinski definition) is 1. The van der Waals surface area contributed by atoms with Crippen molar-refractivity contribution in [1.29, 1.82) is 0 Å². The molecule has 1 aliphatic carbocycles. The van der Waals surface area contributed by atoms with Gasteiger partial charge < -0.3 is 14.6 Å². The number of aryl methyl sites for hydroxylation is 1. The fourth-order valence-corrected chi connectivity index (χ4v) is 4.33. The molecular formula is C21H20N4O3S. The predicted octanol–water partition coefficient (Wildman–Crippen LogP) is 4.93. The largest absolute Gasteiger partial charge is 0.457 e. The number of pyridine rings is 1. The number of carbonyl (C=O) groups excluding carboxylic acids is 1. The maximum absolute atomic E-state index is 11.8. The summed E-state index contributed by atoms with van der Waals surface area (Å²) in [5, 5.41) is 7.87. The summed E-state index contributed by atoms with van der Waals surface area (Å²) in [6.45, 7) is 2.07. The normalized spacial score (nSPS) is 13.6. The minimum Gasteiger partial charge on any atom is -0.457 e. The van der Waals surface area contributed by atoms with Crippen molar-refractivity contribution in [3.63, 3.8) is 0 Å². The van der Waals surface area contributed by atoms with E-state index in [-0.39, 0.29) is 7.33 Å². The van der Waals surface area contributed by atoms with Gasteiger partial charge in [0.2, 0.25) is 11.7 Å². The molecule has 148 valence electrons. The quantitative estimate of drug-likeness (QED) is 0.503. The third-order valence-corrected chi connectivity index (χ3v) is 6.16. The number of thiophene rings is 1. The summed E-state index contributed by atoms with van der Waals surface area (Å²) in [5.41, 5.74) is 1.44. The molecular weight excluding hydrogens is 388 g/mol. The van der Waals surface area contributed by atoms with Crippen LogP contribution in [0.15, 0.2) is 41.1 Å². The lowest BCUT2D eigenvalue weighted by Crippen LogP contribution is -2.18. The number of fused-ring (bicyclic) bond motifs is 1. The van der Waals surface area contributed by atoms with E-state index in [2.05, 4.69) is 27.4 Å². The summed E-state index contributed by atoms with van der Waals surface area (Å²) in [6.07, 6.45) is 3.81. The molecule has 7 nitrogen and oxygen atoms in total. The van der Waals surface area contributed by atoms with Crippen LogP contribution in [0.2, 0.25) is 0 Å². The van der Waals surface area contributed by atoms with Gasteiger partial charge in [-0.2, -0.15) is 4.98 Å². The van der Waals surface area contributed by atoms with Gasteiger partial charge in [0.1, 0.15) is 17.2 Å². The highest BCUT2D eigenvalue weighted by molar-refractivity contribution is 7.22. The average Bonchev–Trinajstić information content (AvgIpc) is 3.39. The minimum absolute atomic E-state index is 0. The van der Waals surface area contributed by atoms with Gasteiger partial charge >= 0.3 is 0 Å². The molecule has 8 heteroatoms. The molecule has 0 bridgehead atoms. The molecule has 3 heterocycles. The minimum atomic E-state index is -0.255. The molecule has 0 saturated heterocycles. The summed E-state index contributed by atoms with van der Waals surface area (Å²) < 4.78 is 12.5. The van der Waals surface area contributed by atoms with E-state index in [0.717, 1.165) is 39.3 Å². The van der Waals surface area contributed by atoms with Crippen molar-refractivity contribution in [3.8, 4) is 22.2 Å². The fourth-order valence-electron chi connectivity index (χ4n) is 3.17. The molecule has 0 atom stereocenters. The lowest BCUT2D eigenvalue weighted by Gasteiger charge is -2.07. The second-order valence-corrected chi connectivity index (χ2v) is 8.05. The molecule has 0 radical (unpaired) electrons. The molecule has 0 aliphatic heterocycles. The molecule has 0 unspecified atom stereocenters. The molecule has 0 spiro atoms. The summed E-state index contributed by atoms with van der Waals surface area (Å²) >= 11 is 1.62. The van der Waals surface area contributed by atoms with Crippen molar-refractivity contribution < 1.29 is 15.5 Å². The van der Waals surface area contributed by atoms with Crippen LogP contribution in [0.3, 0.4) is 0 Å². The van der Waals surface area contributed by atoms with Crippen LogP contribution in [0, 0.1) is 6.92 Å². The Kier molecular flexibility index (Phi) is 4.28. The van der Waals surface area contributed by atoms with Gasteiger partial charge in [-0.15, -0.1) is 11.3 Å². The zero-order valence-electron chi connectivity index (χ0n) is 15.9. The van der Waals surface area contributed by atoms with Gasteiger partial charge in [0.05, 0.1) is 4.88 Å². The van der Waals surface area contributed by atoms with Crippen LogP contribution in [-0.2, 0) is 0 Å². The zero-order chi connectivity index (χ0) is 20.0. The summed E-state index contributed by atoms with van der Waals surface area (Å²) in [4.78, 5) is 21.4. The molecule has 1 amide bonds. The Hall–Kier alpha value is -3.26. The highest BCUT2D eigenvalue weighted by atomic mass is 32.1. The number of ether oxygens (including phenoxy) is 1. The van der Waals surface area contributed by atoms with Gasteiger partial charge in [0.25, 0.3) is 5.91 Å². The van der Waals surface area contributed by atoms with Crippen molar-refractivity contribution in [1.82, 2.24) is 20.4 Å². The zero-order valence-corrected chi connectivity index (χ0v) is 16.7. The van der Waals surface area contributed by atoms with Crippen LogP contribution in [0.25, 0.3) is 20.8 Å². The summed E-state index contributed by atoms with van der Waals surface area (Å²) in [7, 11) is 1.57. The van der Waals surface area contributed by atoms with Gasteiger partial charge in [-0.3, -0.25) is 9.78 Å². The Morgan fingerprint density at radius 1 is 1.28 bits per heavy atom. The van der Waals surface area contributed by atoms with E-state index in [4.69, 9.17) is 9.26 Å². The van der Waals surface area contributed by atoms with E-state index in [1.807, 2.05) is 18.2 Å². The van der Waals surface area contributed by atoms with Gasteiger partial charge in [-0.25, -0.2) is 0 Å². The van der Waals surface area contributed by atoms with E-state index < -0.39 is 0 Å². The lowest BCUT2D eigenvalue weighted by atomic mass is 10.1. The number of rotatable bonds is 5. The number of amides is 1.